The van der Waals surface area contributed by atoms with Crippen LogP contribution >= 0.6 is 11.3 Å². The fraction of sp³-hybridized carbons (Fsp3) is 0.333. The monoisotopic (exact) mass is 344 g/mol. The van der Waals surface area contributed by atoms with E-state index in [0.717, 1.165) is 16.7 Å². The first-order valence-corrected chi connectivity index (χ1v) is 7.28. The first-order chi connectivity index (χ1) is 10.8. The van der Waals surface area contributed by atoms with E-state index >= 15 is 0 Å². The Morgan fingerprint density at radius 3 is 2.70 bits per heavy atom. The molecule has 0 amide bonds. The molecular formula is C12H11F3N6OS. The fourth-order valence-electron chi connectivity index (χ4n) is 1.98. The highest BCUT2D eigenvalue weighted by Crippen LogP contribution is 2.32. The van der Waals surface area contributed by atoms with Crippen LogP contribution in [-0.2, 0) is 19.8 Å². The largest absolute Gasteiger partial charge is 0.434 e. The minimum absolute atomic E-state index is 0.161. The molecule has 7 nitrogen and oxygen atoms in total. The Kier molecular flexibility index (Phi) is 3.59. The van der Waals surface area contributed by atoms with Gasteiger partial charge < -0.3 is 9.47 Å². The lowest BCUT2D eigenvalue weighted by Crippen LogP contribution is -2.21. The zero-order chi connectivity index (χ0) is 16.8. The standard InChI is InChI=1S/C12H11F3N6OS/c1-19-3-4-21-8(17-18-9(21)10(19)22)5-20(2)11-16-7(6-23-11)12(13,14)15/h3-4,6H,5H2,1-2H3. The summed E-state index contributed by atoms with van der Waals surface area (Å²) in [7, 11) is 3.19. The van der Waals surface area contributed by atoms with Crippen LogP contribution in [0.5, 0.6) is 0 Å². The van der Waals surface area contributed by atoms with Crippen molar-refractivity contribution in [2.75, 3.05) is 11.9 Å². The molecule has 11 heteroatoms. The lowest BCUT2D eigenvalue weighted by molar-refractivity contribution is -0.140. The van der Waals surface area contributed by atoms with Crippen molar-refractivity contribution in [1.82, 2.24) is 24.1 Å². The van der Waals surface area contributed by atoms with E-state index in [1.54, 1.807) is 26.5 Å². The van der Waals surface area contributed by atoms with Crippen molar-refractivity contribution in [3.05, 3.63) is 39.6 Å². The van der Waals surface area contributed by atoms with E-state index in [-0.39, 0.29) is 22.9 Å². The number of halogens is 3. The molecule has 3 rings (SSSR count). The first kappa shape index (κ1) is 15.5. The molecule has 0 spiro atoms. The summed E-state index contributed by atoms with van der Waals surface area (Å²) in [6, 6.07) is 0. The third-order valence-corrected chi connectivity index (χ3v) is 4.16. The summed E-state index contributed by atoms with van der Waals surface area (Å²) < 4.78 is 40.7. The summed E-state index contributed by atoms with van der Waals surface area (Å²) in [5.41, 5.74) is -1.07. The van der Waals surface area contributed by atoms with E-state index in [9.17, 15) is 18.0 Å². The second kappa shape index (κ2) is 5.33. The maximum absolute atomic E-state index is 12.6. The van der Waals surface area contributed by atoms with Gasteiger partial charge in [0.15, 0.2) is 16.6 Å². The van der Waals surface area contributed by atoms with Gasteiger partial charge in [0, 0.05) is 31.9 Å². The zero-order valence-corrected chi connectivity index (χ0v) is 12.9. The Morgan fingerprint density at radius 1 is 1.30 bits per heavy atom. The average Bonchev–Trinajstić information content (AvgIpc) is 3.10. The number of thiazole rings is 1. The minimum atomic E-state index is -4.47. The number of hydrogen-bond donors (Lipinski definition) is 0. The maximum Gasteiger partial charge on any atom is 0.434 e. The van der Waals surface area contributed by atoms with Crippen molar-refractivity contribution in [3.63, 3.8) is 0 Å². The fourth-order valence-corrected chi connectivity index (χ4v) is 2.77. The summed E-state index contributed by atoms with van der Waals surface area (Å²) in [5, 5.41) is 8.93. The van der Waals surface area contributed by atoms with E-state index in [1.165, 1.54) is 13.9 Å². The van der Waals surface area contributed by atoms with Crippen molar-refractivity contribution >= 4 is 22.1 Å². The van der Waals surface area contributed by atoms with Crippen LogP contribution in [0.3, 0.4) is 0 Å². The van der Waals surface area contributed by atoms with E-state index < -0.39 is 11.9 Å². The summed E-state index contributed by atoms with van der Waals surface area (Å²) >= 11 is 0.889. The highest BCUT2D eigenvalue weighted by Gasteiger charge is 2.34. The predicted molar refractivity (Wildman–Crippen MR) is 77.5 cm³/mol. The summed E-state index contributed by atoms with van der Waals surface area (Å²) in [6.07, 6.45) is -1.28. The number of rotatable bonds is 3. The highest BCUT2D eigenvalue weighted by molar-refractivity contribution is 7.13. The number of alkyl halides is 3. The molecule has 0 saturated carbocycles. The van der Waals surface area contributed by atoms with Crippen LogP contribution in [0.4, 0.5) is 18.3 Å². The third-order valence-electron chi connectivity index (χ3n) is 3.21. The molecule has 0 radical (unpaired) electrons. The number of fused-ring (bicyclic) bond motifs is 1. The predicted octanol–water partition coefficient (Wildman–Crippen LogP) is 1.54. The van der Waals surface area contributed by atoms with Crippen molar-refractivity contribution in [3.8, 4) is 0 Å². The second-order valence-corrected chi connectivity index (χ2v) is 5.73. The highest BCUT2D eigenvalue weighted by atomic mass is 32.1. The van der Waals surface area contributed by atoms with Gasteiger partial charge >= 0.3 is 6.18 Å². The summed E-state index contributed by atoms with van der Waals surface area (Å²) in [4.78, 5) is 17.0. The molecule has 0 aromatic carbocycles. The first-order valence-electron chi connectivity index (χ1n) is 6.40. The molecule has 122 valence electrons. The molecule has 23 heavy (non-hydrogen) atoms. The maximum atomic E-state index is 12.6. The second-order valence-electron chi connectivity index (χ2n) is 4.89. The minimum Gasteiger partial charge on any atom is -0.344 e. The number of aryl methyl sites for hydroxylation is 1. The molecule has 0 aliphatic heterocycles. The Balaban J connectivity index is 1.89. The molecule has 0 aliphatic carbocycles. The van der Waals surface area contributed by atoms with Gasteiger partial charge in [0.25, 0.3) is 5.56 Å². The molecule has 0 unspecified atom stereocenters. The van der Waals surface area contributed by atoms with Gasteiger partial charge in [-0.3, -0.25) is 9.20 Å². The molecule has 0 N–H and O–H groups in total. The molecule has 0 atom stereocenters. The van der Waals surface area contributed by atoms with E-state index in [0.29, 0.717) is 5.82 Å². The molecule has 0 fully saturated rings. The van der Waals surface area contributed by atoms with Crippen LogP contribution in [0.25, 0.3) is 5.65 Å². The normalized spacial score (nSPS) is 12.0. The van der Waals surface area contributed by atoms with E-state index in [4.69, 9.17) is 0 Å². The number of aromatic nitrogens is 5. The van der Waals surface area contributed by atoms with Crippen LogP contribution in [-0.4, -0.2) is 31.2 Å². The van der Waals surface area contributed by atoms with Crippen molar-refractivity contribution in [1.29, 1.82) is 0 Å². The topological polar surface area (TPSA) is 68.3 Å². The summed E-state index contributed by atoms with van der Waals surface area (Å²) in [5.74, 6) is 0.434. The Labute approximate surface area is 131 Å². The lowest BCUT2D eigenvalue weighted by atomic mass is 10.5. The van der Waals surface area contributed by atoms with Gasteiger partial charge in [-0.05, 0) is 0 Å². The molecule has 3 heterocycles. The van der Waals surface area contributed by atoms with Crippen molar-refractivity contribution in [2.24, 2.45) is 7.05 Å². The Morgan fingerprint density at radius 2 is 2.04 bits per heavy atom. The van der Waals surface area contributed by atoms with Crippen LogP contribution in [0.2, 0.25) is 0 Å². The van der Waals surface area contributed by atoms with Gasteiger partial charge in [0.2, 0.25) is 5.65 Å². The van der Waals surface area contributed by atoms with Gasteiger partial charge in [-0.25, -0.2) is 4.98 Å². The smallest absolute Gasteiger partial charge is 0.344 e. The van der Waals surface area contributed by atoms with E-state index in [2.05, 4.69) is 15.2 Å². The molecule has 0 bridgehead atoms. The van der Waals surface area contributed by atoms with Gasteiger partial charge in [-0.2, -0.15) is 13.2 Å². The van der Waals surface area contributed by atoms with Crippen molar-refractivity contribution in [2.45, 2.75) is 12.7 Å². The molecule has 0 aliphatic rings. The third kappa shape index (κ3) is 2.79. The Bertz CT molecular complexity index is 912. The van der Waals surface area contributed by atoms with Gasteiger partial charge in [-0.1, -0.05) is 0 Å². The van der Waals surface area contributed by atoms with Crippen LogP contribution < -0.4 is 10.5 Å². The Hall–Kier alpha value is -2.43. The number of hydrogen-bond acceptors (Lipinski definition) is 6. The number of anilines is 1. The quantitative estimate of drug-likeness (QED) is 0.721. The van der Waals surface area contributed by atoms with Crippen LogP contribution in [0.1, 0.15) is 11.5 Å². The van der Waals surface area contributed by atoms with Gasteiger partial charge in [0.1, 0.15) is 0 Å². The molecular weight excluding hydrogens is 333 g/mol. The molecule has 3 aromatic rings. The summed E-state index contributed by atoms with van der Waals surface area (Å²) in [6.45, 7) is 0.166. The molecule has 0 saturated heterocycles. The van der Waals surface area contributed by atoms with Gasteiger partial charge in [-0.15, -0.1) is 21.5 Å². The van der Waals surface area contributed by atoms with Crippen LogP contribution in [0.15, 0.2) is 22.6 Å². The van der Waals surface area contributed by atoms with Crippen molar-refractivity contribution < 1.29 is 13.2 Å². The molecule has 3 aromatic heterocycles. The zero-order valence-electron chi connectivity index (χ0n) is 12.1. The van der Waals surface area contributed by atoms with Gasteiger partial charge in [0.05, 0.1) is 6.54 Å². The lowest BCUT2D eigenvalue weighted by Gasteiger charge is -2.14. The average molecular weight is 344 g/mol. The van der Waals surface area contributed by atoms with Crippen LogP contribution in [0, 0.1) is 0 Å². The number of nitrogens with zero attached hydrogens (tertiary/aromatic N) is 6. The van der Waals surface area contributed by atoms with E-state index in [1.807, 2.05) is 0 Å². The SMILES string of the molecule is CN(Cc1nnc2c(=O)n(C)ccn12)c1nc(C(F)(F)F)cs1.